The standard InChI is InChI=1S/C15H17ISi/c1-17(2,3)15-9-7-12(8-10-15)13-5-4-6-14(16)11-13/h4-11H,1-3H3. The van der Waals surface area contributed by atoms with E-state index < -0.39 is 8.07 Å². The van der Waals surface area contributed by atoms with Crippen molar-refractivity contribution in [2.45, 2.75) is 19.6 Å². The van der Waals surface area contributed by atoms with Crippen LogP contribution < -0.4 is 5.19 Å². The summed E-state index contributed by atoms with van der Waals surface area (Å²) < 4.78 is 1.29. The van der Waals surface area contributed by atoms with E-state index in [1.807, 2.05) is 0 Å². The van der Waals surface area contributed by atoms with Gasteiger partial charge in [0.15, 0.2) is 0 Å². The smallest absolute Gasteiger partial charge is 0.0656 e. The second-order valence-corrected chi connectivity index (χ2v) is 11.7. The molecule has 0 spiro atoms. The normalized spacial score (nSPS) is 11.5. The van der Waals surface area contributed by atoms with Gasteiger partial charge in [0.25, 0.3) is 0 Å². The van der Waals surface area contributed by atoms with Crippen LogP contribution in [0.4, 0.5) is 0 Å². The number of halogens is 1. The molecule has 0 bridgehead atoms. The van der Waals surface area contributed by atoms with Crippen molar-refractivity contribution in [3.05, 3.63) is 52.1 Å². The minimum Gasteiger partial charge on any atom is -0.0656 e. The molecule has 2 heteroatoms. The van der Waals surface area contributed by atoms with Gasteiger partial charge in [0.1, 0.15) is 0 Å². The summed E-state index contributed by atoms with van der Waals surface area (Å²) >= 11 is 2.36. The molecule has 0 N–H and O–H groups in total. The van der Waals surface area contributed by atoms with Gasteiger partial charge in [-0.05, 0) is 45.9 Å². The van der Waals surface area contributed by atoms with E-state index in [4.69, 9.17) is 0 Å². The molecule has 0 aliphatic rings. The third-order valence-electron chi connectivity index (χ3n) is 2.91. The zero-order chi connectivity index (χ0) is 12.5. The third kappa shape index (κ3) is 3.19. The first kappa shape index (κ1) is 12.8. The lowest BCUT2D eigenvalue weighted by Gasteiger charge is -2.16. The second kappa shape index (κ2) is 4.94. The molecule has 0 unspecified atom stereocenters. The molecular formula is C15H17ISi. The van der Waals surface area contributed by atoms with Gasteiger partial charge in [-0.25, -0.2) is 0 Å². The first-order chi connectivity index (χ1) is 7.97. The molecule has 0 aliphatic carbocycles. The molecule has 2 aromatic rings. The van der Waals surface area contributed by atoms with E-state index >= 15 is 0 Å². The molecule has 0 radical (unpaired) electrons. The van der Waals surface area contributed by atoms with E-state index in [0.29, 0.717) is 0 Å². The predicted molar refractivity (Wildman–Crippen MR) is 87.6 cm³/mol. The van der Waals surface area contributed by atoms with Gasteiger partial charge < -0.3 is 0 Å². The molecule has 2 rings (SSSR count). The highest BCUT2D eigenvalue weighted by Gasteiger charge is 2.15. The molecule has 17 heavy (non-hydrogen) atoms. The summed E-state index contributed by atoms with van der Waals surface area (Å²) in [6.07, 6.45) is 0. The van der Waals surface area contributed by atoms with Crippen molar-refractivity contribution in [2.24, 2.45) is 0 Å². The van der Waals surface area contributed by atoms with E-state index in [0.717, 1.165) is 0 Å². The lowest BCUT2D eigenvalue weighted by Crippen LogP contribution is -2.37. The van der Waals surface area contributed by atoms with Crippen molar-refractivity contribution in [2.75, 3.05) is 0 Å². The van der Waals surface area contributed by atoms with Crippen LogP contribution >= 0.6 is 22.6 Å². The van der Waals surface area contributed by atoms with Crippen molar-refractivity contribution in [1.82, 2.24) is 0 Å². The highest BCUT2D eigenvalue weighted by molar-refractivity contribution is 14.1. The maximum absolute atomic E-state index is 2.38. The molecule has 0 nitrogen and oxygen atoms in total. The summed E-state index contributed by atoms with van der Waals surface area (Å²) in [6, 6.07) is 17.7. The monoisotopic (exact) mass is 352 g/mol. The number of rotatable bonds is 2. The SMILES string of the molecule is C[Si](C)(C)c1ccc(-c2cccc(I)c2)cc1. The van der Waals surface area contributed by atoms with E-state index in [-0.39, 0.29) is 0 Å². The maximum Gasteiger partial charge on any atom is 0.0775 e. The van der Waals surface area contributed by atoms with Crippen LogP contribution in [0.1, 0.15) is 0 Å². The summed E-state index contributed by atoms with van der Waals surface area (Å²) in [5.74, 6) is 0. The molecule has 0 fully saturated rings. The van der Waals surface area contributed by atoms with Gasteiger partial charge in [0, 0.05) is 3.57 Å². The highest BCUT2D eigenvalue weighted by atomic mass is 127. The van der Waals surface area contributed by atoms with E-state index in [2.05, 4.69) is 90.8 Å². The molecule has 0 aliphatic heterocycles. The molecule has 0 saturated carbocycles. The fourth-order valence-corrected chi connectivity index (χ4v) is 3.54. The first-order valence-corrected chi connectivity index (χ1v) is 10.4. The quantitative estimate of drug-likeness (QED) is 0.551. The van der Waals surface area contributed by atoms with Gasteiger partial charge in [-0.1, -0.05) is 61.2 Å². The Bertz CT molecular complexity index is 509. The molecule has 0 saturated heterocycles. The van der Waals surface area contributed by atoms with E-state index in [9.17, 15) is 0 Å². The predicted octanol–water partition coefficient (Wildman–Crippen LogP) is 4.50. The Morgan fingerprint density at radius 2 is 1.47 bits per heavy atom. The van der Waals surface area contributed by atoms with Crippen molar-refractivity contribution in [3.8, 4) is 11.1 Å². The second-order valence-electron chi connectivity index (χ2n) is 5.34. The zero-order valence-electron chi connectivity index (χ0n) is 10.5. The minimum atomic E-state index is -1.17. The Labute approximate surface area is 118 Å². The topological polar surface area (TPSA) is 0 Å². The van der Waals surface area contributed by atoms with Crippen LogP contribution in [-0.4, -0.2) is 8.07 Å². The third-order valence-corrected chi connectivity index (χ3v) is 5.65. The van der Waals surface area contributed by atoms with Gasteiger partial charge in [-0.2, -0.15) is 0 Å². The average Bonchev–Trinajstić information content (AvgIpc) is 2.28. The Balaban J connectivity index is 2.36. The number of hydrogen-bond acceptors (Lipinski definition) is 0. The highest BCUT2D eigenvalue weighted by Crippen LogP contribution is 2.20. The zero-order valence-corrected chi connectivity index (χ0v) is 13.7. The van der Waals surface area contributed by atoms with Crippen molar-refractivity contribution >= 4 is 35.9 Å². The molecular weight excluding hydrogens is 335 g/mol. The Morgan fingerprint density at radius 3 is 2.00 bits per heavy atom. The Kier molecular flexibility index (Phi) is 3.73. The summed E-state index contributed by atoms with van der Waals surface area (Å²) in [5.41, 5.74) is 2.62. The minimum absolute atomic E-state index is 1.17. The molecule has 0 aromatic heterocycles. The van der Waals surface area contributed by atoms with Gasteiger partial charge in [-0.3, -0.25) is 0 Å². The van der Waals surface area contributed by atoms with Crippen LogP contribution in [-0.2, 0) is 0 Å². The lowest BCUT2D eigenvalue weighted by molar-refractivity contribution is 1.59. The van der Waals surface area contributed by atoms with Crippen LogP contribution in [0.25, 0.3) is 11.1 Å². The van der Waals surface area contributed by atoms with Crippen LogP contribution in [0.2, 0.25) is 19.6 Å². The summed E-state index contributed by atoms with van der Waals surface area (Å²) in [6.45, 7) is 7.15. The molecule has 0 amide bonds. The maximum atomic E-state index is 2.38. The van der Waals surface area contributed by atoms with Crippen molar-refractivity contribution < 1.29 is 0 Å². The van der Waals surface area contributed by atoms with Gasteiger partial charge in [0.05, 0.1) is 8.07 Å². The molecule has 2 aromatic carbocycles. The van der Waals surface area contributed by atoms with Gasteiger partial charge in [0.2, 0.25) is 0 Å². The van der Waals surface area contributed by atoms with E-state index in [1.54, 1.807) is 0 Å². The Hall–Kier alpha value is -0.613. The van der Waals surface area contributed by atoms with Gasteiger partial charge >= 0.3 is 0 Å². The van der Waals surface area contributed by atoms with Crippen LogP contribution in [0, 0.1) is 3.57 Å². The summed E-state index contributed by atoms with van der Waals surface area (Å²) in [4.78, 5) is 0. The van der Waals surface area contributed by atoms with Crippen LogP contribution in [0.5, 0.6) is 0 Å². The summed E-state index contributed by atoms with van der Waals surface area (Å²) in [5, 5.41) is 1.52. The van der Waals surface area contributed by atoms with Gasteiger partial charge in [-0.15, -0.1) is 0 Å². The van der Waals surface area contributed by atoms with Crippen molar-refractivity contribution in [3.63, 3.8) is 0 Å². The Morgan fingerprint density at radius 1 is 0.824 bits per heavy atom. The number of benzene rings is 2. The lowest BCUT2D eigenvalue weighted by atomic mass is 10.1. The first-order valence-electron chi connectivity index (χ1n) is 5.83. The summed E-state index contributed by atoms with van der Waals surface area (Å²) in [7, 11) is -1.17. The molecule has 0 atom stereocenters. The van der Waals surface area contributed by atoms with Crippen LogP contribution in [0.15, 0.2) is 48.5 Å². The fourth-order valence-electron chi connectivity index (χ4n) is 1.83. The molecule has 88 valence electrons. The average molecular weight is 352 g/mol. The number of hydrogen-bond donors (Lipinski definition) is 0. The fraction of sp³-hybridized carbons (Fsp3) is 0.200. The molecule has 0 heterocycles. The van der Waals surface area contributed by atoms with E-state index in [1.165, 1.54) is 19.9 Å². The van der Waals surface area contributed by atoms with Crippen molar-refractivity contribution in [1.29, 1.82) is 0 Å². The van der Waals surface area contributed by atoms with Crippen LogP contribution in [0.3, 0.4) is 0 Å². The largest absolute Gasteiger partial charge is 0.0775 e.